The van der Waals surface area contributed by atoms with Gasteiger partial charge in [-0.2, -0.15) is 0 Å². The number of benzene rings is 2. The summed E-state index contributed by atoms with van der Waals surface area (Å²) in [5, 5.41) is 3.22. The molecule has 2 aromatic carbocycles. The summed E-state index contributed by atoms with van der Waals surface area (Å²) in [6, 6.07) is 12.1. The summed E-state index contributed by atoms with van der Waals surface area (Å²) in [5.41, 5.74) is 7.63. The number of carbonyl (C=O) groups is 2. The molecule has 0 saturated heterocycles. The zero-order valence-corrected chi connectivity index (χ0v) is 14.1. The molecule has 6 nitrogen and oxygen atoms in total. The van der Waals surface area contributed by atoms with E-state index in [9.17, 15) is 9.59 Å². The van der Waals surface area contributed by atoms with Crippen LogP contribution in [0.3, 0.4) is 0 Å². The van der Waals surface area contributed by atoms with E-state index in [2.05, 4.69) is 5.32 Å². The summed E-state index contributed by atoms with van der Waals surface area (Å²) in [4.78, 5) is 24.4. The van der Waals surface area contributed by atoms with E-state index in [1.165, 1.54) is 0 Å². The highest BCUT2D eigenvalue weighted by molar-refractivity contribution is 6.11. The van der Waals surface area contributed by atoms with E-state index in [0.717, 1.165) is 11.3 Å². The zero-order chi connectivity index (χ0) is 18.0. The third-order valence-electron chi connectivity index (χ3n) is 4.45. The van der Waals surface area contributed by atoms with Crippen molar-refractivity contribution in [2.24, 2.45) is 5.73 Å². The molecular weight excluding hydrogens is 320 g/mol. The van der Waals surface area contributed by atoms with Crippen LogP contribution < -0.4 is 20.5 Å². The summed E-state index contributed by atoms with van der Waals surface area (Å²) in [6.45, 7) is 0. The number of hydrogen-bond acceptors (Lipinski definition) is 5. The quantitative estimate of drug-likeness (QED) is 0.842. The van der Waals surface area contributed by atoms with Gasteiger partial charge < -0.3 is 20.5 Å². The number of ether oxygens (including phenoxy) is 2. The number of fused-ring (bicyclic) bond motifs is 1. The first kappa shape index (κ1) is 16.8. The number of Topliss-reactive ketones (excluding diaryl/α,β-unsaturated/α-hetero) is 1. The minimum absolute atomic E-state index is 0.0448. The van der Waals surface area contributed by atoms with E-state index in [1.807, 2.05) is 24.3 Å². The van der Waals surface area contributed by atoms with E-state index in [1.54, 1.807) is 32.4 Å². The fourth-order valence-corrected chi connectivity index (χ4v) is 3.24. The maximum Gasteiger partial charge on any atom is 0.218 e. The lowest BCUT2D eigenvalue weighted by atomic mass is 9.86. The second-order valence-corrected chi connectivity index (χ2v) is 5.92. The molecule has 2 aromatic rings. The number of ketones is 1. The molecular formula is C19H20N2O4. The Balaban J connectivity index is 1.99. The van der Waals surface area contributed by atoms with E-state index in [4.69, 9.17) is 15.2 Å². The first-order chi connectivity index (χ1) is 12.0. The molecule has 1 amide bonds. The van der Waals surface area contributed by atoms with Crippen LogP contribution in [0.1, 0.15) is 28.3 Å². The van der Waals surface area contributed by atoms with Crippen LogP contribution in [-0.4, -0.2) is 32.0 Å². The number of carbonyl (C=O) groups excluding carboxylic acids is 2. The second-order valence-electron chi connectivity index (χ2n) is 5.92. The lowest BCUT2D eigenvalue weighted by molar-refractivity contribution is -0.118. The smallest absolute Gasteiger partial charge is 0.218 e. The van der Waals surface area contributed by atoms with Gasteiger partial charge in [0.15, 0.2) is 17.3 Å². The number of anilines is 1. The Labute approximate surface area is 145 Å². The van der Waals surface area contributed by atoms with Crippen molar-refractivity contribution in [3.8, 4) is 11.5 Å². The normalized spacial score (nSPS) is 16.7. The average Bonchev–Trinajstić information content (AvgIpc) is 2.96. The lowest BCUT2D eigenvalue weighted by Gasteiger charge is -2.23. The van der Waals surface area contributed by atoms with Gasteiger partial charge in [0.05, 0.1) is 20.3 Å². The number of rotatable bonds is 6. The van der Waals surface area contributed by atoms with Crippen LogP contribution in [0.15, 0.2) is 42.5 Å². The number of nitrogens with two attached hydrogens (primary N) is 1. The van der Waals surface area contributed by atoms with Crippen LogP contribution in [0.5, 0.6) is 11.5 Å². The molecule has 0 bridgehead atoms. The van der Waals surface area contributed by atoms with Crippen molar-refractivity contribution < 1.29 is 19.1 Å². The number of amides is 1. The molecule has 3 N–H and O–H groups in total. The largest absolute Gasteiger partial charge is 0.493 e. The van der Waals surface area contributed by atoms with Gasteiger partial charge in [-0.05, 0) is 29.8 Å². The van der Waals surface area contributed by atoms with Crippen LogP contribution in [-0.2, 0) is 4.79 Å². The van der Waals surface area contributed by atoms with Gasteiger partial charge >= 0.3 is 0 Å². The topological polar surface area (TPSA) is 90.6 Å². The zero-order valence-electron chi connectivity index (χ0n) is 14.1. The molecule has 6 heteroatoms. The Hall–Kier alpha value is -3.02. The summed E-state index contributed by atoms with van der Waals surface area (Å²) >= 11 is 0. The third kappa shape index (κ3) is 3.15. The molecule has 130 valence electrons. The molecule has 2 atom stereocenters. The molecule has 0 saturated carbocycles. The van der Waals surface area contributed by atoms with Crippen molar-refractivity contribution in [3.05, 3.63) is 53.6 Å². The lowest BCUT2D eigenvalue weighted by Crippen LogP contribution is -2.33. The molecule has 0 fully saturated rings. The number of nitrogens with one attached hydrogen (secondary N) is 1. The number of para-hydroxylation sites is 1. The first-order valence-corrected chi connectivity index (χ1v) is 7.95. The highest BCUT2D eigenvalue weighted by atomic mass is 16.5. The molecule has 25 heavy (non-hydrogen) atoms. The summed E-state index contributed by atoms with van der Waals surface area (Å²) in [7, 11) is 3.09. The fraction of sp³-hybridized carbons (Fsp3) is 0.263. The molecule has 1 aliphatic heterocycles. The Kier molecular flexibility index (Phi) is 4.61. The van der Waals surface area contributed by atoms with Gasteiger partial charge in [0.25, 0.3) is 0 Å². The molecule has 3 rings (SSSR count). The predicted octanol–water partition coefficient (Wildman–Crippen LogP) is 2.34. The van der Waals surface area contributed by atoms with Crippen LogP contribution in [0.2, 0.25) is 0 Å². The second kappa shape index (κ2) is 6.84. The highest BCUT2D eigenvalue weighted by Crippen LogP contribution is 2.38. The van der Waals surface area contributed by atoms with Gasteiger partial charge in [0, 0.05) is 23.6 Å². The molecule has 0 aliphatic carbocycles. The maximum atomic E-state index is 12.8. The third-order valence-corrected chi connectivity index (χ3v) is 4.45. The van der Waals surface area contributed by atoms with Crippen LogP contribution in [0, 0.1) is 0 Å². The molecule has 1 aliphatic rings. The van der Waals surface area contributed by atoms with Crippen molar-refractivity contribution in [2.75, 3.05) is 19.5 Å². The number of methoxy groups -OCH3 is 2. The monoisotopic (exact) mass is 340 g/mol. The summed E-state index contributed by atoms with van der Waals surface area (Å²) in [5.74, 6) is 0.203. The summed E-state index contributed by atoms with van der Waals surface area (Å²) < 4.78 is 10.6. The van der Waals surface area contributed by atoms with Gasteiger partial charge in [0.1, 0.15) is 0 Å². The Morgan fingerprint density at radius 3 is 2.52 bits per heavy atom. The molecule has 0 spiro atoms. The Morgan fingerprint density at radius 2 is 1.88 bits per heavy atom. The minimum atomic E-state index is -0.553. The van der Waals surface area contributed by atoms with Gasteiger partial charge in [-0.1, -0.05) is 18.2 Å². The van der Waals surface area contributed by atoms with Crippen molar-refractivity contribution in [2.45, 2.75) is 18.4 Å². The molecule has 2 unspecified atom stereocenters. The molecule has 0 radical (unpaired) electrons. The summed E-state index contributed by atoms with van der Waals surface area (Å²) in [6.07, 6.45) is 0.0485. The highest BCUT2D eigenvalue weighted by Gasteiger charge is 2.37. The molecule has 0 aromatic heterocycles. The van der Waals surface area contributed by atoms with Crippen molar-refractivity contribution >= 4 is 17.4 Å². The van der Waals surface area contributed by atoms with Gasteiger partial charge in [-0.15, -0.1) is 0 Å². The van der Waals surface area contributed by atoms with Crippen molar-refractivity contribution in [1.29, 1.82) is 0 Å². The SMILES string of the molecule is COc1ccc(C(CC(N)=O)C2Nc3ccccc3C2=O)cc1OC. The predicted molar refractivity (Wildman–Crippen MR) is 94.3 cm³/mol. The number of hydrogen-bond donors (Lipinski definition) is 2. The van der Waals surface area contributed by atoms with Gasteiger partial charge in [-0.25, -0.2) is 0 Å². The Morgan fingerprint density at radius 1 is 1.16 bits per heavy atom. The van der Waals surface area contributed by atoms with E-state index in [-0.39, 0.29) is 12.2 Å². The van der Waals surface area contributed by atoms with Gasteiger partial charge in [0.2, 0.25) is 5.91 Å². The van der Waals surface area contributed by atoms with E-state index in [0.29, 0.717) is 17.1 Å². The number of primary amides is 1. The minimum Gasteiger partial charge on any atom is -0.493 e. The van der Waals surface area contributed by atoms with Gasteiger partial charge in [-0.3, -0.25) is 9.59 Å². The van der Waals surface area contributed by atoms with Crippen LogP contribution >= 0.6 is 0 Å². The van der Waals surface area contributed by atoms with Crippen LogP contribution in [0.4, 0.5) is 5.69 Å². The van der Waals surface area contributed by atoms with Crippen molar-refractivity contribution in [3.63, 3.8) is 0 Å². The van der Waals surface area contributed by atoms with Crippen molar-refractivity contribution in [1.82, 2.24) is 0 Å². The average molecular weight is 340 g/mol. The van der Waals surface area contributed by atoms with E-state index < -0.39 is 17.9 Å². The van der Waals surface area contributed by atoms with Crippen LogP contribution in [0.25, 0.3) is 0 Å². The Bertz CT molecular complexity index is 819. The van der Waals surface area contributed by atoms with E-state index >= 15 is 0 Å². The molecule has 1 heterocycles. The first-order valence-electron chi connectivity index (χ1n) is 7.95. The standard InChI is InChI=1S/C19H20N2O4/c1-24-15-8-7-11(9-16(15)25-2)13(10-17(20)22)18-19(23)12-5-3-4-6-14(12)21-18/h3-9,13,18,21H,10H2,1-2H3,(H2,20,22). The maximum absolute atomic E-state index is 12.8. The fourth-order valence-electron chi connectivity index (χ4n) is 3.24.